The Morgan fingerprint density at radius 3 is 2.94 bits per heavy atom. The standard InChI is InChI=1S/C14H22N2O2/c1-11-12(10-16-13-4-5-13)6-7-15-14(11)18-9-3-8-17-2/h6-7,13,16H,3-5,8-10H2,1-2H3. The summed E-state index contributed by atoms with van der Waals surface area (Å²) in [6.45, 7) is 4.36. The predicted octanol–water partition coefficient (Wildman–Crippen LogP) is 2.06. The van der Waals surface area contributed by atoms with Crippen LogP contribution in [0, 0.1) is 6.92 Å². The van der Waals surface area contributed by atoms with Crippen molar-refractivity contribution in [3.05, 3.63) is 23.4 Å². The molecule has 1 heterocycles. The fraction of sp³-hybridized carbons (Fsp3) is 0.643. The molecule has 0 radical (unpaired) electrons. The largest absolute Gasteiger partial charge is 0.477 e. The van der Waals surface area contributed by atoms with Gasteiger partial charge in [-0.25, -0.2) is 4.98 Å². The molecule has 1 N–H and O–H groups in total. The third-order valence-electron chi connectivity index (χ3n) is 3.16. The van der Waals surface area contributed by atoms with Crippen molar-refractivity contribution in [3.63, 3.8) is 0 Å². The fourth-order valence-electron chi connectivity index (χ4n) is 1.80. The maximum Gasteiger partial charge on any atom is 0.216 e. The molecule has 0 aliphatic heterocycles. The second-order valence-electron chi connectivity index (χ2n) is 4.75. The van der Waals surface area contributed by atoms with Gasteiger partial charge in [0.2, 0.25) is 5.88 Å². The van der Waals surface area contributed by atoms with Gasteiger partial charge in [0.05, 0.1) is 6.61 Å². The lowest BCUT2D eigenvalue weighted by Gasteiger charge is -2.12. The highest BCUT2D eigenvalue weighted by Crippen LogP contribution is 2.22. The van der Waals surface area contributed by atoms with Gasteiger partial charge in [-0.15, -0.1) is 0 Å². The van der Waals surface area contributed by atoms with Crippen molar-refractivity contribution < 1.29 is 9.47 Å². The van der Waals surface area contributed by atoms with Crippen LogP contribution in [-0.4, -0.2) is 31.3 Å². The van der Waals surface area contributed by atoms with Crippen LogP contribution >= 0.6 is 0 Å². The van der Waals surface area contributed by atoms with Gasteiger partial charge in [0, 0.05) is 44.5 Å². The van der Waals surface area contributed by atoms with Gasteiger partial charge in [0.1, 0.15) is 0 Å². The first-order valence-corrected chi connectivity index (χ1v) is 6.61. The van der Waals surface area contributed by atoms with Crippen molar-refractivity contribution in [2.75, 3.05) is 20.3 Å². The molecule has 1 aromatic heterocycles. The van der Waals surface area contributed by atoms with Crippen LogP contribution in [0.4, 0.5) is 0 Å². The second-order valence-corrected chi connectivity index (χ2v) is 4.75. The highest BCUT2D eigenvalue weighted by Gasteiger charge is 2.20. The van der Waals surface area contributed by atoms with Crippen molar-refractivity contribution in [1.29, 1.82) is 0 Å². The van der Waals surface area contributed by atoms with Crippen molar-refractivity contribution >= 4 is 0 Å². The Bertz CT molecular complexity index is 378. The number of methoxy groups -OCH3 is 1. The molecule has 18 heavy (non-hydrogen) atoms. The van der Waals surface area contributed by atoms with Gasteiger partial charge in [-0.05, 0) is 31.4 Å². The molecule has 0 spiro atoms. The van der Waals surface area contributed by atoms with Gasteiger partial charge in [0.15, 0.2) is 0 Å². The van der Waals surface area contributed by atoms with Gasteiger partial charge in [0.25, 0.3) is 0 Å². The number of pyridine rings is 1. The van der Waals surface area contributed by atoms with Crippen LogP contribution in [0.25, 0.3) is 0 Å². The zero-order valence-corrected chi connectivity index (χ0v) is 11.2. The summed E-state index contributed by atoms with van der Waals surface area (Å²) in [4.78, 5) is 4.29. The summed E-state index contributed by atoms with van der Waals surface area (Å²) < 4.78 is 10.7. The minimum Gasteiger partial charge on any atom is -0.477 e. The number of hydrogen-bond donors (Lipinski definition) is 1. The zero-order valence-electron chi connectivity index (χ0n) is 11.2. The van der Waals surface area contributed by atoms with E-state index in [1.165, 1.54) is 18.4 Å². The first kappa shape index (κ1) is 13.3. The molecule has 1 aliphatic rings. The minimum atomic E-state index is 0.654. The molecule has 0 bridgehead atoms. The summed E-state index contributed by atoms with van der Waals surface area (Å²) in [7, 11) is 1.70. The number of nitrogens with zero attached hydrogens (tertiary/aromatic N) is 1. The SMILES string of the molecule is COCCCOc1nccc(CNC2CC2)c1C. The molecule has 0 atom stereocenters. The topological polar surface area (TPSA) is 43.4 Å². The number of ether oxygens (including phenoxy) is 2. The molecule has 0 amide bonds. The number of nitrogens with one attached hydrogen (secondary N) is 1. The Hall–Kier alpha value is -1.13. The van der Waals surface area contributed by atoms with E-state index in [9.17, 15) is 0 Å². The van der Waals surface area contributed by atoms with Crippen molar-refractivity contribution in [3.8, 4) is 5.88 Å². The van der Waals surface area contributed by atoms with Crippen molar-refractivity contribution in [2.24, 2.45) is 0 Å². The molecule has 100 valence electrons. The van der Waals surface area contributed by atoms with Crippen LogP contribution in [0.1, 0.15) is 30.4 Å². The van der Waals surface area contributed by atoms with E-state index >= 15 is 0 Å². The smallest absolute Gasteiger partial charge is 0.216 e. The van der Waals surface area contributed by atoms with Crippen LogP contribution in [0.2, 0.25) is 0 Å². The third kappa shape index (κ3) is 3.96. The van der Waals surface area contributed by atoms with Crippen LogP contribution in [-0.2, 0) is 11.3 Å². The highest BCUT2D eigenvalue weighted by atomic mass is 16.5. The highest BCUT2D eigenvalue weighted by molar-refractivity contribution is 5.33. The van der Waals surface area contributed by atoms with Crippen LogP contribution in [0.15, 0.2) is 12.3 Å². The molecule has 0 unspecified atom stereocenters. The summed E-state index contributed by atoms with van der Waals surface area (Å²) in [5, 5.41) is 3.51. The molecule has 1 aliphatic carbocycles. The van der Waals surface area contributed by atoms with Gasteiger partial charge in [-0.1, -0.05) is 0 Å². The lowest BCUT2D eigenvalue weighted by Crippen LogP contribution is -2.16. The second kappa shape index (κ2) is 6.71. The monoisotopic (exact) mass is 250 g/mol. The Labute approximate surface area is 109 Å². The van der Waals surface area contributed by atoms with E-state index < -0.39 is 0 Å². The molecule has 1 aromatic rings. The van der Waals surface area contributed by atoms with Gasteiger partial charge >= 0.3 is 0 Å². The summed E-state index contributed by atoms with van der Waals surface area (Å²) >= 11 is 0. The van der Waals surface area contributed by atoms with E-state index in [0.29, 0.717) is 6.61 Å². The average Bonchev–Trinajstić information content (AvgIpc) is 3.19. The van der Waals surface area contributed by atoms with Gasteiger partial charge in [-0.3, -0.25) is 0 Å². The van der Waals surface area contributed by atoms with Crippen molar-refractivity contribution in [2.45, 2.75) is 38.8 Å². The quantitative estimate of drug-likeness (QED) is 0.717. The van der Waals surface area contributed by atoms with E-state index in [4.69, 9.17) is 9.47 Å². The Balaban J connectivity index is 1.86. The first-order valence-electron chi connectivity index (χ1n) is 6.61. The Morgan fingerprint density at radius 1 is 1.39 bits per heavy atom. The van der Waals surface area contributed by atoms with E-state index in [1.807, 2.05) is 6.20 Å². The number of hydrogen-bond acceptors (Lipinski definition) is 4. The van der Waals surface area contributed by atoms with Crippen LogP contribution < -0.4 is 10.1 Å². The summed E-state index contributed by atoms with van der Waals surface area (Å²) in [6, 6.07) is 2.79. The molecular weight excluding hydrogens is 228 g/mol. The van der Waals surface area contributed by atoms with E-state index in [0.717, 1.165) is 37.1 Å². The molecule has 0 saturated heterocycles. The van der Waals surface area contributed by atoms with E-state index in [2.05, 4.69) is 23.3 Å². The maximum absolute atomic E-state index is 5.68. The number of rotatable bonds is 8. The maximum atomic E-state index is 5.68. The van der Waals surface area contributed by atoms with Crippen LogP contribution in [0.3, 0.4) is 0 Å². The average molecular weight is 250 g/mol. The molecule has 4 nitrogen and oxygen atoms in total. The lowest BCUT2D eigenvalue weighted by molar-refractivity contribution is 0.170. The molecule has 1 fully saturated rings. The fourth-order valence-corrected chi connectivity index (χ4v) is 1.80. The molecule has 2 rings (SSSR count). The van der Waals surface area contributed by atoms with E-state index in [1.54, 1.807) is 7.11 Å². The summed E-state index contributed by atoms with van der Waals surface area (Å²) in [6.07, 6.45) is 5.33. The zero-order chi connectivity index (χ0) is 12.8. The Kier molecular flexibility index (Phi) is 4.96. The Morgan fingerprint density at radius 2 is 2.22 bits per heavy atom. The lowest BCUT2D eigenvalue weighted by atomic mass is 10.1. The van der Waals surface area contributed by atoms with E-state index in [-0.39, 0.29) is 0 Å². The van der Waals surface area contributed by atoms with Gasteiger partial charge in [-0.2, -0.15) is 0 Å². The molecule has 1 saturated carbocycles. The minimum absolute atomic E-state index is 0.654. The van der Waals surface area contributed by atoms with Crippen molar-refractivity contribution in [1.82, 2.24) is 10.3 Å². The number of aromatic nitrogens is 1. The first-order chi connectivity index (χ1) is 8.81. The normalized spacial score (nSPS) is 14.8. The third-order valence-corrected chi connectivity index (χ3v) is 3.16. The summed E-state index contributed by atoms with van der Waals surface area (Å²) in [5.74, 6) is 0.751. The van der Waals surface area contributed by atoms with Crippen LogP contribution in [0.5, 0.6) is 5.88 Å². The predicted molar refractivity (Wildman–Crippen MR) is 70.8 cm³/mol. The molecule has 0 aromatic carbocycles. The molecule has 4 heteroatoms. The van der Waals surface area contributed by atoms with Gasteiger partial charge < -0.3 is 14.8 Å². The summed E-state index contributed by atoms with van der Waals surface area (Å²) in [5.41, 5.74) is 2.42. The molecular formula is C14H22N2O2.